The van der Waals surface area contributed by atoms with Crippen LogP contribution in [0.3, 0.4) is 0 Å². The molecular formula is C47H27N3O2. The molecule has 3 aromatic heterocycles. The second-order valence-corrected chi connectivity index (χ2v) is 13.1. The van der Waals surface area contributed by atoms with Crippen molar-refractivity contribution in [2.24, 2.45) is 0 Å². The van der Waals surface area contributed by atoms with Crippen molar-refractivity contribution < 1.29 is 8.83 Å². The van der Waals surface area contributed by atoms with Crippen LogP contribution < -0.4 is 0 Å². The Morgan fingerprint density at radius 1 is 0.308 bits per heavy atom. The van der Waals surface area contributed by atoms with Crippen molar-refractivity contribution in [2.75, 3.05) is 0 Å². The Labute approximate surface area is 297 Å². The molecule has 0 spiro atoms. The van der Waals surface area contributed by atoms with Crippen molar-refractivity contribution in [2.45, 2.75) is 0 Å². The normalized spacial score (nSPS) is 11.8. The Morgan fingerprint density at radius 2 is 0.808 bits per heavy atom. The third-order valence-corrected chi connectivity index (χ3v) is 10.1. The third-order valence-electron chi connectivity index (χ3n) is 10.1. The van der Waals surface area contributed by atoms with E-state index in [0.717, 1.165) is 93.2 Å². The fourth-order valence-corrected chi connectivity index (χ4v) is 7.76. The first kappa shape index (κ1) is 28.7. The highest BCUT2D eigenvalue weighted by Crippen LogP contribution is 2.42. The summed E-state index contributed by atoms with van der Waals surface area (Å²) in [6.07, 6.45) is 0. The van der Waals surface area contributed by atoms with E-state index in [1.807, 2.05) is 48.5 Å². The molecular weight excluding hydrogens is 639 g/mol. The van der Waals surface area contributed by atoms with Gasteiger partial charge in [0.25, 0.3) is 0 Å². The molecule has 11 aromatic rings. The number of para-hydroxylation sites is 2. The minimum absolute atomic E-state index is 0.591. The van der Waals surface area contributed by atoms with E-state index < -0.39 is 0 Å². The zero-order chi connectivity index (χ0) is 34.2. The van der Waals surface area contributed by atoms with Crippen LogP contribution in [-0.2, 0) is 0 Å². The van der Waals surface area contributed by atoms with Gasteiger partial charge in [0.1, 0.15) is 22.3 Å². The van der Waals surface area contributed by atoms with E-state index in [-0.39, 0.29) is 0 Å². The summed E-state index contributed by atoms with van der Waals surface area (Å²) in [5.74, 6) is 1.80. The molecule has 0 saturated carbocycles. The average Bonchev–Trinajstić information content (AvgIpc) is 3.79. The number of rotatable bonds is 4. The van der Waals surface area contributed by atoms with Crippen LogP contribution in [0.1, 0.15) is 0 Å². The first-order valence-electron chi connectivity index (χ1n) is 17.4. The van der Waals surface area contributed by atoms with E-state index in [1.54, 1.807) is 0 Å². The first-order chi connectivity index (χ1) is 25.8. The van der Waals surface area contributed by atoms with Crippen molar-refractivity contribution in [3.63, 3.8) is 0 Å². The Kier molecular flexibility index (Phi) is 6.18. The number of benzene rings is 8. The number of nitrogens with zero attached hydrogens (tertiary/aromatic N) is 3. The molecule has 0 aliphatic carbocycles. The number of fused-ring (bicyclic) bond motifs is 8. The van der Waals surface area contributed by atoms with Crippen LogP contribution in [0.15, 0.2) is 173 Å². The molecule has 0 amide bonds. The second kappa shape index (κ2) is 11.2. The summed E-state index contributed by atoms with van der Waals surface area (Å²) in [4.78, 5) is 15.6. The predicted molar refractivity (Wildman–Crippen MR) is 211 cm³/mol. The average molecular weight is 666 g/mol. The molecule has 52 heavy (non-hydrogen) atoms. The number of hydrogen-bond acceptors (Lipinski definition) is 5. The highest BCUT2D eigenvalue weighted by molar-refractivity contribution is 6.16. The van der Waals surface area contributed by atoms with E-state index in [2.05, 4.69) is 115 Å². The van der Waals surface area contributed by atoms with Crippen LogP contribution in [-0.4, -0.2) is 15.0 Å². The van der Waals surface area contributed by atoms with Crippen LogP contribution in [0.2, 0.25) is 0 Å². The van der Waals surface area contributed by atoms with Crippen LogP contribution in [0, 0.1) is 0 Å². The lowest BCUT2D eigenvalue weighted by atomic mass is 9.92. The molecule has 0 fully saturated rings. The maximum Gasteiger partial charge on any atom is 0.164 e. The molecule has 5 heteroatoms. The number of hydrogen-bond donors (Lipinski definition) is 0. The van der Waals surface area contributed by atoms with E-state index in [9.17, 15) is 0 Å². The summed E-state index contributed by atoms with van der Waals surface area (Å²) in [6, 6.07) is 56.3. The SMILES string of the molecule is c1ccc2cc(-c3nc(-c4ccc(-c5cccc6oc7ccccc7c56)c5ccccc45)nc(-c4cccc5oc6ccccc6c45)n3)ccc2c1. The van der Waals surface area contributed by atoms with Crippen LogP contribution in [0.4, 0.5) is 0 Å². The van der Waals surface area contributed by atoms with E-state index in [4.69, 9.17) is 23.8 Å². The highest BCUT2D eigenvalue weighted by Gasteiger charge is 2.20. The largest absolute Gasteiger partial charge is 0.456 e. The lowest BCUT2D eigenvalue weighted by molar-refractivity contribution is 0.668. The maximum absolute atomic E-state index is 6.28. The van der Waals surface area contributed by atoms with Gasteiger partial charge >= 0.3 is 0 Å². The molecule has 8 aromatic carbocycles. The molecule has 0 atom stereocenters. The van der Waals surface area contributed by atoms with Gasteiger partial charge < -0.3 is 8.83 Å². The van der Waals surface area contributed by atoms with Crippen LogP contribution >= 0.6 is 0 Å². The molecule has 0 bridgehead atoms. The van der Waals surface area contributed by atoms with Gasteiger partial charge in [-0.05, 0) is 69.1 Å². The quantitative estimate of drug-likeness (QED) is 0.187. The van der Waals surface area contributed by atoms with Gasteiger partial charge in [0.15, 0.2) is 17.5 Å². The lowest BCUT2D eigenvalue weighted by Gasteiger charge is -2.14. The predicted octanol–water partition coefficient (Wildman–Crippen LogP) is 12.6. The standard InChI is InChI=1S/C47H27N3O2/c1-2-12-29-27-30(24-23-28(29)11-1)45-48-46(50-47(49-45)38-18-10-22-42-44(38)37-16-6-8-20-40(37)52-42)35-26-25-33(31-13-3-4-14-32(31)35)34-17-9-21-41-43(34)36-15-5-7-19-39(36)51-41/h1-27H. The Hall–Kier alpha value is -7.11. The zero-order valence-electron chi connectivity index (χ0n) is 27.7. The van der Waals surface area contributed by atoms with Crippen molar-refractivity contribution in [3.05, 3.63) is 164 Å². The summed E-state index contributed by atoms with van der Waals surface area (Å²) in [6.45, 7) is 0. The van der Waals surface area contributed by atoms with Gasteiger partial charge in [-0.2, -0.15) is 0 Å². The number of furan rings is 2. The highest BCUT2D eigenvalue weighted by atomic mass is 16.3. The summed E-state index contributed by atoms with van der Waals surface area (Å²) >= 11 is 0. The van der Waals surface area contributed by atoms with Gasteiger partial charge in [-0.15, -0.1) is 0 Å². The molecule has 11 rings (SSSR count). The smallest absolute Gasteiger partial charge is 0.164 e. The first-order valence-corrected chi connectivity index (χ1v) is 17.4. The minimum Gasteiger partial charge on any atom is -0.456 e. The molecule has 0 radical (unpaired) electrons. The van der Waals surface area contributed by atoms with Crippen molar-refractivity contribution >= 4 is 65.4 Å². The van der Waals surface area contributed by atoms with Crippen molar-refractivity contribution in [1.29, 1.82) is 0 Å². The monoisotopic (exact) mass is 665 g/mol. The molecule has 0 aliphatic heterocycles. The Morgan fingerprint density at radius 3 is 1.52 bits per heavy atom. The van der Waals surface area contributed by atoms with Gasteiger partial charge in [0, 0.05) is 38.2 Å². The Bertz CT molecular complexity index is 3210. The van der Waals surface area contributed by atoms with Gasteiger partial charge in [0.2, 0.25) is 0 Å². The molecule has 0 N–H and O–H groups in total. The van der Waals surface area contributed by atoms with E-state index in [1.165, 1.54) is 0 Å². The lowest BCUT2D eigenvalue weighted by Crippen LogP contribution is -2.01. The maximum atomic E-state index is 6.28. The minimum atomic E-state index is 0.591. The second-order valence-electron chi connectivity index (χ2n) is 13.1. The molecule has 5 nitrogen and oxygen atoms in total. The molecule has 0 unspecified atom stereocenters. The zero-order valence-corrected chi connectivity index (χ0v) is 27.7. The van der Waals surface area contributed by atoms with E-state index in [0.29, 0.717) is 17.5 Å². The van der Waals surface area contributed by atoms with Crippen molar-refractivity contribution in [1.82, 2.24) is 15.0 Å². The summed E-state index contributed by atoms with van der Waals surface area (Å²) in [7, 11) is 0. The van der Waals surface area contributed by atoms with Gasteiger partial charge in [-0.1, -0.05) is 127 Å². The van der Waals surface area contributed by atoms with Gasteiger partial charge in [-0.25, -0.2) is 15.0 Å². The molecule has 242 valence electrons. The summed E-state index contributed by atoms with van der Waals surface area (Å²) < 4.78 is 12.6. The van der Waals surface area contributed by atoms with Crippen molar-refractivity contribution in [3.8, 4) is 45.3 Å². The fraction of sp³-hybridized carbons (Fsp3) is 0. The third kappa shape index (κ3) is 4.39. The summed E-state index contributed by atoms with van der Waals surface area (Å²) in [5.41, 5.74) is 8.37. The number of aromatic nitrogens is 3. The summed E-state index contributed by atoms with van der Waals surface area (Å²) in [5, 5.41) is 8.67. The Balaban J connectivity index is 1.17. The molecule has 3 heterocycles. The fourth-order valence-electron chi connectivity index (χ4n) is 7.76. The topological polar surface area (TPSA) is 65.0 Å². The van der Waals surface area contributed by atoms with Gasteiger partial charge in [0.05, 0.1) is 0 Å². The van der Waals surface area contributed by atoms with E-state index >= 15 is 0 Å². The van der Waals surface area contributed by atoms with Crippen LogP contribution in [0.25, 0.3) is 111 Å². The van der Waals surface area contributed by atoms with Crippen LogP contribution in [0.5, 0.6) is 0 Å². The van der Waals surface area contributed by atoms with Gasteiger partial charge in [-0.3, -0.25) is 0 Å². The molecule has 0 saturated heterocycles. The molecule has 0 aliphatic rings.